The van der Waals surface area contributed by atoms with Crippen LogP contribution in [0, 0.1) is 6.92 Å². The van der Waals surface area contributed by atoms with Crippen LogP contribution < -0.4 is 0 Å². The van der Waals surface area contributed by atoms with Gasteiger partial charge < -0.3 is 0 Å². The lowest BCUT2D eigenvalue weighted by atomic mass is 10.0. The summed E-state index contributed by atoms with van der Waals surface area (Å²) in [5, 5.41) is 4.51. The maximum absolute atomic E-state index is 4.83. The fourth-order valence-electron chi connectivity index (χ4n) is 2.76. The van der Waals surface area contributed by atoms with E-state index in [9.17, 15) is 0 Å². The topological polar surface area (TPSA) is 30.7 Å². The van der Waals surface area contributed by atoms with Gasteiger partial charge in [0.1, 0.15) is 0 Å². The maximum Gasteiger partial charge on any atom is 0.0742 e. The van der Waals surface area contributed by atoms with Crippen molar-refractivity contribution in [1.29, 1.82) is 0 Å². The highest BCUT2D eigenvalue weighted by molar-refractivity contribution is 5.62. The van der Waals surface area contributed by atoms with E-state index in [1.165, 1.54) is 35.4 Å². The molecule has 3 nitrogen and oxygen atoms in total. The van der Waals surface area contributed by atoms with Gasteiger partial charge in [-0.2, -0.15) is 5.10 Å². The second kappa shape index (κ2) is 4.80. The largest absolute Gasteiger partial charge is 0.269 e. The Hall–Kier alpha value is -1.64. The van der Waals surface area contributed by atoms with Crippen LogP contribution in [0.2, 0.25) is 0 Å². The van der Waals surface area contributed by atoms with Gasteiger partial charge in [0.2, 0.25) is 0 Å². The monoisotopic (exact) mass is 255 g/mol. The lowest BCUT2D eigenvalue weighted by Gasteiger charge is -2.15. The second-order valence-electron chi connectivity index (χ2n) is 5.79. The van der Waals surface area contributed by atoms with Crippen LogP contribution in [-0.4, -0.2) is 14.8 Å². The van der Waals surface area contributed by atoms with Crippen molar-refractivity contribution < 1.29 is 0 Å². The highest BCUT2D eigenvalue weighted by atomic mass is 15.3. The van der Waals surface area contributed by atoms with Crippen LogP contribution in [0.25, 0.3) is 11.3 Å². The first kappa shape index (κ1) is 12.4. The molecule has 0 spiro atoms. The van der Waals surface area contributed by atoms with Crippen LogP contribution in [0.15, 0.2) is 18.3 Å². The molecule has 19 heavy (non-hydrogen) atoms. The van der Waals surface area contributed by atoms with Gasteiger partial charge in [0, 0.05) is 23.5 Å². The summed E-state index contributed by atoms with van der Waals surface area (Å²) in [6.45, 7) is 7.59. The van der Waals surface area contributed by atoms with E-state index < -0.39 is 0 Å². The van der Waals surface area contributed by atoms with Gasteiger partial charge in [-0.15, -0.1) is 0 Å². The quantitative estimate of drug-likeness (QED) is 0.819. The van der Waals surface area contributed by atoms with Crippen LogP contribution in [0.5, 0.6) is 0 Å². The van der Waals surface area contributed by atoms with Gasteiger partial charge in [-0.05, 0) is 49.8 Å². The SMILES string of the molecule is Cc1cc(-c2cnn3c2CCCC3)nc(C(C)C)c1. The van der Waals surface area contributed by atoms with E-state index in [1.54, 1.807) is 0 Å². The summed E-state index contributed by atoms with van der Waals surface area (Å²) < 4.78 is 2.15. The van der Waals surface area contributed by atoms with E-state index in [0.29, 0.717) is 5.92 Å². The minimum Gasteiger partial charge on any atom is -0.269 e. The lowest BCUT2D eigenvalue weighted by Crippen LogP contribution is -2.11. The highest BCUT2D eigenvalue weighted by Gasteiger charge is 2.17. The Labute approximate surface area is 114 Å². The van der Waals surface area contributed by atoms with Gasteiger partial charge in [-0.25, -0.2) is 0 Å². The standard InChI is InChI=1S/C16H21N3/c1-11(2)14-8-12(3)9-15(18-14)13-10-17-19-7-5-4-6-16(13)19/h8-11H,4-7H2,1-3H3. The number of aromatic nitrogens is 3. The van der Waals surface area contributed by atoms with Crippen molar-refractivity contribution in [2.24, 2.45) is 0 Å². The second-order valence-corrected chi connectivity index (χ2v) is 5.79. The van der Waals surface area contributed by atoms with Gasteiger partial charge >= 0.3 is 0 Å². The summed E-state index contributed by atoms with van der Waals surface area (Å²) in [5.41, 5.74) is 6.13. The van der Waals surface area contributed by atoms with Gasteiger partial charge in [-0.1, -0.05) is 13.8 Å². The first-order valence-electron chi connectivity index (χ1n) is 7.19. The van der Waals surface area contributed by atoms with E-state index in [2.05, 4.69) is 42.7 Å². The van der Waals surface area contributed by atoms with Crippen molar-refractivity contribution in [3.63, 3.8) is 0 Å². The van der Waals surface area contributed by atoms with Crippen molar-refractivity contribution in [1.82, 2.24) is 14.8 Å². The average Bonchev–Trinajstić information content (AvgIpc) is 2.81. The minimum atomic E-state index is 0.463. The molecule has 0 amide bonds. The first-order chi connectivity index (χ1) is 9.15. The average molecular weight is 255 g/mol. The van der Waals surface area contributed by atoms with Crippen molar-refractivity contribution in [2.45, 2.75) is 52.5 Å². The Kier molecular flexibility index (Phi) is 3.13. The smallest absolute Gasteiger partial charge is 0.0742 e. The molecular weight excluding hydrogens is 234 g/mol. The molecular formula is C16H21N3. The molecule has 3 rings (SSSR count). The third kappa shape index (κ3) is 2.29. The molecule has 2 aromatic rings. The molecule has 0 N–H and O–H groups in total. The normalized spacial score (nSPS) is 14.7. The molecule has 3 heterocycles. The molecule has 0 unspecified atom stereocenters. The summed E-state index contributed by atoms with van der Waals surface area (Å²) >= 11 is 0. The van der Waals surface area contributed by atoms with Gasteiger partial charge in [0.25, 0.3) is 0 Å². The molecule has 0 fully saturated rings. The molecule has 0 aliphatic carbocycles. The molecule has 0 saturated heterocycles. The van der Waals surface area contributed by atoms with Crippen LogP contribution in [-0.2, 0) is 13.0 Å². The zero-order valence-corrected chi connectivity index (χ0v) is 12.0. The number of pyridine rings is 1. The van der Waals surface area contributed by atoms with Crippen molar-refractivity contribution in [3.05, 3.63) is 35.3 Å². The van der Waals surface area contributed by atoms with E-state index in [0.717, 1.165) is 18.7 Å². The Morgan fingerprint density at radius 3 is 2.84 bits per heavy atom. The molecule has 100 valence electrons. The predicted molar refractivity (Wildman–Crippen MR) is 77.2 cm³/mol. The Morgan fingerprint density at radius 2 is 2.05 bits per heavy atom. The third-order valence-electron chi connectivity index (χ3n) is 3.84. The van der Waals surface area contributed by atoms with Gasteiger partial charge in [0.05, 0.1) is 11.9 Å². The van der Waals surface area contributed by atoms with Gasteiger partial charge in [-0.3, -0.25) is 9.67 Å². The molecule has 0 bridgehead atoms. The zero-order valence-electron chi connectivity index (χ0n) is 12.0. The molecule has 3 heteroatoms. The molecule has 1 aliphatic rings. The third-order valence-corrected chi connectivity index (χ3v) is 3.84. The number of hydrogen-bond acceptors (Lipinski definition) is 2. The van der Waals surface area contributed by atoms with Crippen molar-refractivity contribution in [2.75, 3.05) is 0 Å². The van der Waals surface area contributed by atoms with E-state index >= 15 is 0 Å². The van der Waals surface area contributed by atoms with E-state index in [4.69, 9.17) is 4.98 Å². The van der Waals surface area contributed by atoms with Crippen LogP contribution >= 0.6 is 0 Å². The molecule has 0 atom stereocenters. The number of fused-ring (bicyclic) bond motifs is 1. The molecule has 1 aliphatic heterocycles. The summed E-state index contributed by atoms with van der Waals surface area (Å²) in [7, 11) is 0. The Bertz CT molecular complexity index is 596. The maximum atomic E-state index is 4.83. The van der Waals surface area contributed by atoms with Crippen LogP contribution in [0.4, 0.5) is 0 Å². The fraction of sp³-hybridized carbons (Fsp3) is 0.500. The minimum absolute atomic E-state index is 0.463. The number of aryl methyl sites for hydroxylation is 2. The summed E-state index contributed by atoms with van der Waals surface area (Å²) in [5.74, 6) is 0.463. The Morgan fingerprint density at radius 1 is 1.21 bits per heavy atom. The predicted octanol–water partition coefficient (Wildman–Crippen LogP) is 3.71. The van der Waals surface area contributed by atoms with Crippen LogP contribution in [0.1, 0.15) is 49.6 Å². The zero-order chi connectivity index (χ0) is 13.4. The number of hydrogen-bond donors (Lipinski definition) is 0. The molecule has 0 radical (unpaired) electrons. The fourth-order valence-corrected chi connectivity index (χ4v) is 2.76. The summed E-state index contributed by atoms with van der Waals surface area (Å²) in [6, 6.07) is 4.36. The number of nitrogens with zero attached hydrogens (tertiary/aromatic N) is 3. The van der Waals surface area contributed by atoms with Crippen molar-refractivity contribution in [3.8, 4) is 11.3 Å². The summed E-state index contributed by atoms with van der Waals surface area (Å²) in [4.78, 5) is 4.83. The highest BCUT2D eigenvalue weighted by Crippen LogP contribution is 2.28. The van der Waals surface area contributed by atoms with Crippen LogP contribution in [0.3, 0.4) is 0 Å². The summed E-state index contributed by atoms with van der Waals surface area (Å²) in [6.07, 6.45) is 5.63. The van der Waals surface area contributed by atoms with Crippen molar-refractivity contribution >= 4 is 0 Å². The number of rotatable bonds is 2. The van der Waals surface area contributed by atoms with Gasteiger partial charge in [0.15, 0.2) is 0 Å². The van der Waals surface area contributed by atoms with E-state index in [-0.39, 0.29) is 0 Å². The lowest BCUT2D eigenvalue weighted by molar-refractivity contribution is 0.487. The molecule has 2 aromatic heterocycles. The Balaban J connectivity index is 2.09. The first-order valence-corrected chi connectivity index (χ1v) is 7.19. The molecule has 0 saturated carbocycles. The van der Waals surface area contributed by atoms with E-state index in [1.807, 2.05) is 6.20 Å². The molecule has 0 aromatic carbocycles.